The SMILES string of the molecule is C[C@]1(O)C[C@@H](N2C(=O)CCc3cc(OCCN4CCC5(CC4)C(=O)Nc4ccc(Cl)cc45)cnc32)C1. The number of aromatic nitrogens is 1. The molecule has 2 aromatic rings. The predicted octanol–water partition coefficient (Wildman–Crippen LogP) is 3.29. The zero-order chi connectivity index (χ0) is 25.1. The molecule has 0 radical (unpaired) electrons. The molecular formula is C27H31ClN4O4. The lowest BCUT2D eigenvalue weighted by atomic mass is 9.73. The lowest BCUT2D eigenvalue weighted by Crippen LogP contribution is -2.57. The van der Waals surface area contributed by atoms with Crippen LogP contribution in [0, 0.1) is 0 Å². The summed E-state index contributed by atoms with van der Waals surface area (Å²) in [6.45, 7) is 4.72. The van der Waals surface area contributed by atoms with E-state index in [1.165, 1.54) is 0 Å². The molecule has 1 saturated carbocycles. The van der Waals surface area contributed by atoms with Gasteiger partial charge in [-0.15, -0.1) is 0 Å². The number of hydrogen-bond donors (Lipinski definition) is 2. The highest BCUT2D eigenvalue weighted by atomic mass is 35.5. The Morgan fingerprint density at radius 2 is 1.97 bits per heavy atom. The molecule has 8 nitrogen and oxygen atoms in total. The number of ether oxygens (including phenoxy) is 1. The van der Waals surface area contributed by atoms with Crippen molar-refractivity contribution < 1.29 is 19.4 Å². The van der Waals surface area contributed by atoms with Gasteiger partial charge in [0.1, 0.15) is 18.2 Å². The summed E-state index contributed by atoms with van der Waals surface area (Å²) in [4.78, 5) is 34.1. The van der Waals surface area contributed by atoms with Gasteiger partial charge in [-0.2, -0.15) is 0 Å². The molecule has 36 heavy (non-hydrogen) atoms. The highest BCUT2D eigenvalue weighted by molar-refractivity contribution is 6.31. The van der Waals surface area contributed by atoms with E-state index in [-0.39, 0.29) is 17.9 Å². The zero-order valence-electron chi connectivity index (χ0n) is 20.4. The monoisotopic (exact) mass is 510 g/mol. The fourth-order valence-electron chi connectivity index (χ4n) is 6.29. The van der Waals surface area contributed by atoms with Crippen molar-refractivity contribution in [2.45, 2.75) is 62.5 Å². The molecule has 2 N–H and O–H groups in total. The van der Waals surface area contributed by atoms with Crippen LogP contribution >= 0.6 is 11.6 Å². The van der Waals surface area contributed by atoms with Gasteiger partial charge in [0.05, 0.1) is 17.2 Å². The van der Waals surface area contributed by atoms with Gasteiger partial charge in [-0.3, -0.25) is 19.4 Å². The smallest absolute Gasteiger partial charge is 0.235 e. The van der Waals surface area contributed by atoms with Crippen LogP contribution in [-0.4, -0.2) is 64.7 Å². The Bertz CT molecular complexity index is 1220. The summed E-state index contributed by atoms with van der Waals surface area (Å²) in [7, 11) is 0. The van der Waals surface area contributed by atoms with Gasteiger partial charge in [0.25, 0.3) is 0 Å². The minimum atomic E-state index is -0.697. The maximum atomic E-state index is 12.8. The Labute approximate surface area is 215 Å². The second-order valence-corrected chi connectivity index (χ2v) is 11.3. The Hall–Kier alpha value is -2.68. The summed E-state index contributed by atoms with van der Waals surface area (Å²) in [6, 6.07) is 7.64. The van der Waals surface area contributed by atoms with Gasteiger partial charge in [-0.05, 0) is 87.5 Å². The molecule has 3 aliphatic heterocycles. The van der Waals surface area contributed by atoms with Crippen LogP contribution in [0.5, 0.6) is 5.75 Å². The van der Waals surface area contributed by atoms with E-state index >= 15 is 0 Å². The van der Waals surface area contributed by atoms with Crippen molar-refractivity contribution in [1.82, 2.24) is 9.88 Å². The van der Waals surface area contributed by atoms with Gasteiger partial charge in [0, 0.05) is 29.7 Å². The van der Waals surface area contributed by atoms with Crippen LogP contribution in [0.1, 0.15) is 50.2 Å². The van der Waals surface area contributed by atoms with Crippen molar-refractivity contribution in [3.8, 4) is 5.75 Å². The van der Waals surface area contributed by atoms with E-state index in [0.717, 1.165) is 49.3 Å². The van der Waals surface area contributed by atoms with E-state index in [1.807, 2.05) is 31.2 Å². The summed E-state index contributed by atoms with van der Waals surface area (Å²) >= 11 is 6.22. The number of aliphatic hydroxyl groups is 1. The van der Waals surface area contributed by atoms with Crippen LogP contribution in [0.3, 0.4) is 0 Å². The van der Waals surface area contributed by atoms with Crippen molar-refractivity contribution in [3.05, 3.63) is 46.6 Å². The van der Waals surface area contributed by atoms with E-state index in [0.29, 0.717) is 48.9 Å². The number of nitrogens with one attached hydrogen (secondary N) is 1. The van der Waals surface area contributed by atoms with Crippen molar-refractivity contribution in [3.63, 3.8) is 0 Å². The Morgan fingerprint density at radius 3 is 2.72 bits per heavy atom. The number of fused-ring (bicyclic) bond motifs is 3. The largest absolute Gasteiger partial charge is 0.491 e. The van der Waals surface area contributed by atoms with Crippen LogP contribution in [0.4, 0.5) is 11.5 Å². The van der Waals surface area contributed by atoms with E-state index in [9.17, 15) is 14.7 Å². The highest BCUT2D eigenvalue weighted by Gasteiger charge is 2.48. The number of nitrogens with zero attached hydrogens (tertiary/aromatic N) is 3. The van der Waals surface area contributed by atoms with E-state index in [4.69, 9.17) is 16.3 Å². The minimum absolute atomic E-state index is 0.0122. The molecule has 1 saturated heterocycles. The second kappa shape index (κ2) is 8.71. The number of piperidine rings is 1. The van der Waals surface area contributed by atoms with Crippen molar-refractivity contribution in [2.24, 2.45) is 0 Å². The van der Waals surface area contributed by atoms with Gasteiger partial charge in [-0.25, -0.2) is 4.98 Å². The zero-order valence-corrected chi connectivity index (χ0v) is 21.2. The summed E-state index contributed by atoms with van der Waals surface area (Å²) in [5.41, 5.74) is 1.73. The lowest BCUT2D eigenvalue weighted by Gasteiger charge is -2.47. The topological polar surface area (TPSA) is 95.0 Å². The van der Waals surface area contributed by atoms with Crippen molar-refractivity contribution in [2.75, 3.05) is 36.5 Å². The Morgan fingerprint density at radius 1 is 1.19 bits per heavy atom. The molecule has 1 aromatic heterocycles. The quantitative estimate of drug-likeness (QED) is 0.641. The van der Waals surface area contributed by atoms with Gasteiger partial charge < -0.3 is 15.2 Å². The second-order valence-electron chi connectivity index (χ2n) is 10.9. The molecule has 4 aliphatic rings. The first-order valence-electron chi connectivity index (χ1n) is 12.7. The van der Waals surface area contributed by atoms with E-state index < -0.39 is 11.0 Å². The summed E-state index contributed by atoms with van der Waals surface area (Å²) in [5, 5.41) is 13.8. The molecule has 2 fully saturated rings. The third-order valence-electron chi connectivity index (χ3n) is 8.30. The maximum absolute atomic E-state index is 12.8. The molecule has 1 spiro atoms. The molecule has 0 atom stereocenters. The number of amides is 2. The van der Waals surface area contributed by atoms with E-state index in [2.05, 4.69) is 15.2 Å². The number of pyridine rings is 1. The van der Waals surface area contributed by atoms with Crippen LogP contribution in [-0.2, 0) is 21.4 Å². The summed E-state index contributed by atoms with van der Waals surface area (Å²) in [5.74, 6) is 1.56. The van der Waals surface area contributed by atoms with Crippen molar-refractivity contribution in [1.29, 1.82) is 0 Å². The third-order valence-corrected chi connectivity index (χ3v) is 8.54. The Balaban J connectivity index is 1.05. The molecule has 1 aliphatic carbocycles. The van der Waals surface area contributed by atoms with E-state index in [1.54, 1.807) is 11.1 Å². The third kappa shape index (κ3) is 4.05. The number of carbonyl (C=O) groups excluding carboxylic acids is 2. The molecule has 9 heteroatoms. The number of benzene rings is 1. The molecule has 0 unspecified atom stereocenters. The van der Waals surface area contributed by atoms with Crippen LogP contribution in [0.2, 0.25) is 5.02 Å². The molecule has 6 rings (SSSR count). The Kier molecular flexibility index (Phi) is 5.74. The van der Waals surface area contributed by atoms with Gasteiger partial charge >= 0.3 is 0 Å². The first kappa shape index (κ1) is 23.7. The number of rotatable bonds is 5. The molecule has 2 amide bonds. The van der Waals surface area contributed by atoms with Crippen LogP contribution in [0.25, 0.3) is 0 Å². The first-order chi connectivity index (χ1) is 17.2. The number of anilines is 2. The lowest BCUT2D eigenvalue weighted by molar-refractivity contribution is -0.123. The molecule has 190 valence electrons. The summed E-state index contributed by atoms with van der Waals surface area (Å²) in [6.07, 6.45) is 5.46. The van der Waals surface area contributed by atoms with Crippen LogP contribution in [0.15, 0.2) is 30.5 Å². The maximum Gasteiger partial charge on any atom is 0.235 e. The van der Waals surface area contributed by atoms with Gasteiger partial charge in [0.2, 0.25) is 11.8 Å². The number of carbonyl (C=O) groups is 2. The first-order valence-corrected chi connectivity index (χ1v) is 13.1. The average Bonchev–Trinajstić information content (AvgIpc) is 3.09. The van der Waals surface area contributed by atoms with Crippen molar-refractivity contribution >= 4 is 34.9 Å². The number of halogens is 1. The normalized spacial score (nSPS) is 26.9. The van der Waals surface area contributed by atoms with Gasteiger partial charge in [0.15, 0.2) is 0 Å². The number of hydrogen-bond acceptors (Lipinski definition) is 6. The highest BCUT2D eigenvalue weighted by Crippen LogP contribution is 2.46. The molecule has 4 heterocycles. The molecule has 1 aromatic carbocycles. The number of aryl methyl sites for hydroxylation is 1. The standard InChI is InChI=1S/C27H31ClN4O4/c1-26(35)14-19(15-26)32-23(33)5-2-17-12-20(16-29-24(17)32)36-11-10-31-8-6-27(7-9-31)21-13-18(28)3-4-22(21)30-25(27)34/h3-4,12-13,16,19,35H,2,5-11,14-15H2,1H3,(H,30,34)/t19-,26+. The van der Waals surface area contributed by atoms with Crippen LogP contribution < -0.4 is 15.0 Å². The fourth-order valence-corrected chi connectivity index (χ4v) is 6.46. The summed E-state index contributed by atoms with van der Waals surface area (Å²) < 4.78 is 6.04. The average molecular weight is 511 g/mol. The number of likely N-dealkylation sites (tertiary alicyclic amines) is 1. The predicted molar refractivity (Wildman–Crippen MR) is 137 cm³/mol. The fraction of sp³-hybridized carbons (Fsp3) is 0.519. The molecular weight excluding hydrogens is 480 g/mol. The minimum Gasteiger partial charge on any atom is -0.491 e. The van der Waals surface area contributed by atoms with Gasteiger partial charge in [-0.1, -0.05) is 11.6 Å². The molecule has 0 bridgehead atoms.